The lowest BCUT2D eigenvalue weighted by Gasteiger charge is -2.37. The van der Waals surface area contributed by atoms with Gasteiger partial charge in [-0.15, -0.1) is 45.5 Å². The molecular formula is C19H29IN6O2S. The third-order valence-electron chi connectivity index (χ3n) is 5.33. The van der Waals surface area contributed by atoms with Crippen LogP contribution in [-0.2, 0) is 29.6 Å². The van der Waals surface area contributed by atoms with Crippen LogP contribution in [-0.4, -0.2) is 64.1 Å². The Morgan fingerprint density at radius 3 is 2.86 bits per heavy atom. The van der Waals surface area contributed by atoms with Gasteiger partial charge in [-0.1, -0.05) is 6.07 Å². The van der Waals surface area contributed by atoms with Crippen LogP contribution in [0, 0.1) is 6.92 Å². The van der Waals surface area contributed by atoms with Crippen LogP contribution in [0.25, 0.3) is 0 Å². The SMILES string of the molecule is Cc1nnc(CN=C(NCc2cccs2)N2CCOC(C3CCCO3)C2)n1C.I. The number of aromatic nitrogens is 3. The van der Waals surface area contributed by atoms with E-state index in [2.05, 4.69) is 37.9 Å². The Bertz CT molecular complexity index is 791. The Morgan fingerprint density at radius 1 is 1.31 bits per heavy atom. The summed E-state index contributed by atoms with van der Waals surface area (Å²) in [5, 5.41) is 14.0. The van der Waals surface area contributed by atoms with Gasteiger partial charge in [0.15, 0.2) is 11.8 Å². The van der Waals surface area contributed by atoms with Crippen molar-refractivity contribution in [3.63, 3.8) is 0 Å². The highest BCUT2D eigenvalue weighted by atomic mass is 127. The average molecular weight is 532 g/mol. The highest BCUT2D eigenvalue weighted by Gasteiger charge is 2.32. The number of aliphatic imine (C=N–C) groups is 1. The molecule has 0 bridgehead atoms. The summed E-state index contributed by atoms with van der Waals surface area (Å²) in [5.74, 6) is 2.64. The summed E-state index contributed by atoms with van der Waals surface area (Å²) in [7, 11) is 1.97. The fraction of sp³-hybridized carbons (Fsp3) is 0.632. The minimum atomic E-state index is 0. The lowest BCUT2D eigenvalue weighted by molar-refractivity contribution is -0.0817. The molecule has 2 fully saturated rings. The summed E-state index contributed by atoms with van der Waals surface area (Å²) in [5.41, 5.74) is 0. The van der Waals surface area contributed by atoms with Crippen LogP contribution in [0.5, 0.6) is 0 Å². The van der Waals surface area contributed by atoms with E-state index in [4.69, 9.17) is 14.5 Å². The first-order chi connectivity index (χ1) is 13.7. The lowest BCUT2D eigenvalue weighted by atomic mass is 10.1. The van der Waals surface area contributed by atoms with Crippen LogP contribution in [0.4, 0.5) is 0 Å². The summed E-state index contributed by atoms with van der Waals surface area (Å²) >= 11 is 1.75. The molecule has 2 aromatic heterocycles. The minimum absolute atomic E-state index is 0. The first-order valence-electron chi connectivity index (χ1n) is 9.84. The summed E-state index contributed by atoms with van der Waals surface area (Å²) in [4.78, 5) is 8.44. The van der Waals surface area contributed by atoms with E-state index in [0.717, 1.165) is 56.7 Å². The number of ether oxygens (including phenoxy) is 2. The summed E-state index contributed by atoms with van der Waals surface area (Å²) in [6, 6.07) is 4.21. The van der Waals surface area contributed by atoms with Gasteiger partial charge in [-0.05, 0) is 31.2 Å². The molecule has 2 atom stereocenters. The molecule has 0 amide bonds. The van der Waals surface area contributed by atoms with Crippen molar-refractivity contribution in [2.24, 2.45) is 12.0 Å². The van der Waals surface area contributed by atoms with Gasteiger partial charge in [-0.25, -0.2) is 4.99 Å². The topological polar surface area (TPSA) is 76.8 Å². The third kappa shape index (κ3) is 5.68. The van der Waals surface area contributed by atoms with Crippen LogP contribution < -0.4 is 5.32 Å². The fourth-order valence-electron chi connectivity index (χ4n) is 3.57. The normalized spacial score (nSPS) is 22.6. The van der Waals surface area contributed by atoms with E-state index < -0.39 is 0 Å². The first kappa shape index (κ1) is 22.4. The second kappa shape index (κ2) is 10.7. The maximum atomic E-state index is 6.00. The molecule has 2 aliphatic heterocycles. The number of aryl methyl sites for hydroxylation is 1. The molecule has 0 spiro atoms. The van der Waals surface area contributed by atoms with Crippen LogP contribution in [0.1, 0.15) is 29.4 Å². The molecule has 4 heterocycles. The highest BCUT2D eigenvalue weighted by Crippen LogP contribution is 2.21. The molecule has 0 aliphatic carbocycles. The van der Waals surface area contributed by atoms with E-state index in [1.54, 1.807) is 11.3 Å². The number of morpholine rings is 1. The number of hydrogen-bond donors (Lipinski definition) is 1. The smallest absolute Gasteiger partial charge is 0.194 e. The molecule has 10 heteroatoms. The van der Waals surface area contributed by atoms with Crippen LogP contribution in [0.3, 0.4) is 0 Å². The zero-order chi connectivity index (χ0) is 19.3. The van der Waals surface area contributed by atoms with Crippen LogP contribution in [0.15, 0.2) is 22.5 Å². The van der Waals surface area contributed by atoms with Crippen molar-refractivity contribution in [1.82, 2.24) is 25.0 Å². The van der Waals surface area contributed by atoms with Crippen molar-refractivity contribution in [2.75, 3.05) is 26.3 Å². The van der Waals surface area contributed by atoms with Gasteiger partial charge in [-0.2, -0.15) is 0 Å². The zero-order valence-corrected chi connectivity index (χ0v) is 20.1. The summed E-state index contributed by atoms with van der Waals surface area (Å²) in [6.07, 6.45) is 2.49. The summed E-state index contributed by atoms with van der Waals surface area (Å²) in [6.45, 7) is 6.34. The number of halogens is 1. The van der Waals surface area contributed by atoms with Crippen LogP contribution >= 0.6 is 35.3 Å². The third-order valence-corrected chi connectivity index (χ3v) is 6.20. The zero-order valence-electron chi connectivity index (χ0n) is 16.9. The monoisotopic (exact) mass is 532 g/mol. The number of nitrogens with zero attached hydrogens (tertiary/aromatic N) is 5. The molecule has 1 N–H and O–H groups in total. The minimum Gasteiger partial charge on any atom is -0.375 e. The Morgan fingerprint density at radius 2 is 2.17 bits per heavy atom. The van der Waals surface area contributed by atoms with E-state index in [1.807, 2.05) is 18.5 Å². The van der Waals surface area contributed by atoms with E-state index >= 15 is 0 Å². The van der Waals surface area contributed by atoms with Gasteiger partial charge >= 0.3 is 0 Å². The number of thiophene rings is 1. The number of rotatable bonds is 5. The molecule has 0 radical (unpaired) electrons. The molecule has 4 rings (SSSR count). The Balaban J connectivity index is 0.00000240. The largest absolute Gasteiger partial charge is 0.375 e. The molecule has 2 saturated heterocycles. The van der Waals surface area contributed by atoms with E-state index in [0.29, 0.717) is 13.2 Å². The van der Waals surface area contributed by atoms with Crippen molar-refractivity contribution in [1.29, 1.82) is 0 Å². The van der Waals surface area contributed by atoms with Crippen molar-refractivity contribution in [3.8, 4) is 0 Å². The van der Waals surface area contributed by atoms with E-state index in [1.165, 1.54) is 4.88 Å². The molecule has 160 valence electrons. The van der Waals surface area contributed by atoms with Crippen LogP contribution in [0.2, 0.25) is 0 Å². The van der Waals surface area contributed by atoms with Crippen molar-refractivity contribution < 1.29 is 9.47 Å². The van der Waals surface area contributed by atoms with Crippen molar-refractivity contribution >= 4 is 41.3 Å². The van der Waals surface area contributed by atoms with Gasteiger partial charge in [0.05, 0.1) is 19.3 Å². The predicted molar refractivity (Wildman–Crippen MR) is 124 cm³/mol. The lowest BCUT2D eigenvalue weighted by Crippen LogP contribution is -2.53. The molecule has 2 unspecified atom stereocenters. The molecule has 2 aromatic rings. The summed E-state index contributed by atoms with van der Waals surface area (Å²) < 4.78 is 13.8. The van der Waals surface area contributed by atoms with Crippen molar-refractivity contribution in [2.45, 2.75) is 45.1 Å². The second-order valence-electron chi connectivity index (χ2n) is 7.20. The number of guanidine groups is 1. The Labute approximate surface area is 192 Å². The van der Waals surface area contributed by atoms with Gasteiger partial charge < -0.3 is 24.3 Å². The fourth-order valence-corrected chi connectivity index (χ4v) is 4.21. The van der Waals surface area contributed by atoms with E-state index in [-0.39, 0.29) is 36.2 Å². The second-order valence-corrected chi connectivity index (χ2v) is 8.23. The van der Waals surface area contributed by atoms with Gasteiger partial charge in [-0.3, -0.25) is 0 Å². The quantitative estimate of drug-likeness (QED) is 0.362. The molecule has 8 nitrogen and oxygen atoms in total. The van der Waals surface area contributed by atoms with Gasteiger partial charge in [0.25, 0.3) is 0 Å². The molecule has 29 heavy (non-hydrogen) atoms. The molecule has 0 aromatic carbocycles. The number of nitrogens with one attached hydrogen (secondary N) is 1. The number of hydrogen-bond acceptors (Lipinski definition) is 6. The van der Waals surface area contributed by atoms with E-state index in [9.17, 15) is 0 Å². The molecular weight excluding hydrogens is 503 g/mol. The molecule has 2 aliphatic rings. The average Bonchev–Trinajstić information content (AvgIpc) is 3.47. The molecule has 0 saturated carbocycles. The Hall–Kier alpha value is -1.24. The first-order valence-corrected chi connectivity index (χ1v) is 10.7. The Kier molecular flexibility index (Phi) is 8.27. The van der Waals surface area contributed by atoms with Crippen molar-refractivity contribution in [3.05, 3.63) is 34.0 Å². The standard InChI is InChI=1S/C19H28N6O2S.HI/c1-14-22-23-18(24(14)2)12-21-19(20-11-15-5-4-10-28-15)25-7-9-27-17(13-25)16-6-3-8-26-16;/h4-5,10,16-17H,3,6-9,11-13H2,1-2H3,(H,20,21);1H. The van der Waals surface area contributed by atoms with Gasteiger partial charge in [0, 0.05) is 31.6 Å². The maximum absolute atomic E-state index is 6.00. The van der Waals surface area contributed by atoms with Gasteiger partial charge in [0.2, 0.25) is 0 Å². The predicted octanol–water partition coefficient (Wildman–Crippen LogP) is 2.33. The van der Waals surface area contributed by atoms with Gasteiger partial charge in [0.1, 0.15) is 18.5 Å². The maximum Gasteiger partial charge on any atom is 0.194 e. The highest BCUT2D eigenvalue weighted by molar-refractivity contribution is 14.0.